The Morgan fingerprint density at radius 2 is 1.28 bits per heavy atom. The first kappa shape index (κ1) is 52.4. The molecule has 2 saturated heterocycles. The molecule has 65 heavy (non-hydrogen) atoms. The van der Waals surface area contributed by atoms with E-state index >= 15 is 0 Å². The van der Waals surface area contributed by atoms with E-state index < -0.39 is 53.0 Å². The zero-order chi connectivity index (χ0) is 47.6. The van der Waals surface area contributed by atoms with Crippen LogP contribution < -0.4 is 18.9 Å². The fraction of sp³-hybridized carbons (Fsp3) is 0.286. The third kappa shape index (κ3) is 14.1. The van der Waals surface area contributed by atoms with Gasteiger partial charge in [-0.2, -0.15) is 16.8 Å². The number of rotatable bonds is 9. The molecule has 3 aliphatic heterocycles. The van der Waals surface area contributed by atoms with Gasteiger partial charge in [-0.1, -0.05) is 36.4 Å². The van der Waals surface area contributed by atoms with Crippen molar-refractivity contribution < 1.29 is 64.7 Å². The third-order valence-corrected chi connectivity index (χ3v) is 10.8. The van der Waals surface area contributed by atoms with Crippen LogP contribution in [0.2, 0.25) is 0 Å². The standard InChI is InChI=1S/C21H20N2O7.C21H20N2O4.2Na.O4S2/c1-29-18-11-16(20(25)22-10-6-5-9-15(22)13-24)17(23(27)28)12-19(18)30-21(26)14-7-3-2-4-8-14;1-26-18-11-16-17(22-13-15-9-5-6-10-23(15)20(16)24)12-19(18)27-21(25)14-7-3-2-4-8-14;;;1-5(2)6(3)4/h2-4,7-8,11-13,15H,5-6,9-10H2,1H3;2-4,7-8,11-13,15H,5-6,9-10H2,1H3;;;/t2*15-;;;/m11.../s1. The number of hydrogen-bond donors (Lipinski definition) is 0. The van der Waals surface area contributed by atoms with Crippen LogP contribution in [0.4, 0.5) is 11.4 Å². The number of carbonyl (C=O) groups is 5. The monoisotopic (exact) mass is 950 g/mol. The molecule has 0 aromatic heterocycles. The van der Waals surface area contributed by atoms with Crippen molar-refractivity contribution in [2.24, 2.45) is 4.99 Å². The molecule has 0 saturated carbocycles. The Balaban J connectivity index is 0.000000245. The summed E-state index contributed by atoms with van der Waals surface area (Å²) in [5.74, 6) is -1.53. The van der Waals surface area contributed by atoms with Gasteiger partial charge in [0.1, 0.15) is 11.8 Å². The number of carbonyl (C=O) groups excluding carboxylic acids is 5. The Kier molecular flexibility index (Phi) is 21.0. The Labute approximate surface area is 404 Å². The molecule has 3 aliphatic rings. The number of nitro benzene ring substituents is 1. The van der Waals surface area contributed by atoms with Crippen LogP contribution in [0.3, 0.4) is 0 Å². The molecule has 0 aliphatic carbocycles. The number of piperidine rings is 2. The van der Waals surface area contributed by atoms with Gasteiger partial charge in [0.05, 0.1) is 59.7 Å². The summed E-state index contributed by atoms with van der Waals surface area (Å²) in [5.41, 5.74) is 0.880. The number of amides is 2. The van der Waals surface area contributed by atoms with Crippen LogP contribution in [-0.2, 0) is 23.3 Å². The average molecular weight is 951 g/mol. The molecule has 0 unspecified atom stereocenters. The molecule has 23 heteroatoms. The van der Waals surface area contributed by atoms with E-state index in [1.54, 1.807) is 54.6 Å². The molecule has 0 spiro atoms. The Bertz CT molecular complexity index is 2640. The van der Waals surface area contributed by atoms with E-state index in [1.807, 2.05) is 17.2 Å². The number of benzene rings is 4. The Morgan fingerprint density at radius 3 is 1.80 bits per heavy atom. The van der Waals surface area contributed by atoms with Crippen molar-refractivity contribution in [1.29, 1.82) is 0 Å². The molecular formula is C42H40N4Na2O15S2. The van der Waals surface area contributed by atoms with Crippen molar-refractivity contribution in [2.45, 2.75) is 50.6 Å². The fourth-order valence-corrected chi connectivity index (χ4v) is 6.83. The number of fused-ring (bicyclic) bond motifs is 2. The average Bonchev–Trinajstić information content (AvgIpc) is 3.47. The number of nitro groups is 1. The van der Waals surface area contributed by atoms with Crippen molar-refractivity contribution in [3.05, 3.63) is 117 Å². The van der Waals surface area contributed by atoms with Gasteiger partial charge in [0.2, 0.25) is 0 Å². The van der Waals surface area contributed by atoms with Crippen molar-refractivity contribution in [1.82, 2.24) is 9.80 Å². The molecule has 2 atom stereocenters. The topological polar surface area (TPSA) is 253 Å². The number of esters is 2. The van der Waals surface area contributed by atoms with Crippen LogP contribution in [0.15, 0.2) is 89.9 Å². The van der Waals surface area contributed by atoms with E-state index in [4.69, 9.17) is 35.8 Å². The van der Waals surface area contributed by atoms with Crippen molar-refractivity contribution in [3.63, 3.8) is 0 Å². The first-order valence-electron chi connectivity index (χ1n) is 20.2. The second-order valence-corrected chi connectivity index (χ2v) is 16.2. The van der Waals surface area contributed by atoms with E-state index in [9.17, 15) is 34.1 Å². The maximum absolute atomic E-state index is 13.0. The molecule has 0 bridgehead atoms. The van der Waals surface area contributed by atoms with E-state index in [1.165, 1.54) is 80.9 Å². The van der Waals surface area contributed by atoms with E-state index in [0.29, 0.717) is 48.2 Å². The summed E-state index contributed by atoms with van der Waals surface area (Å²) in [6.07, 6.45) is 7.49. The summed E-state index contributed by atoms with van der Waals surface area (Å²) in [6, 6.07) is 21.6. The molecule has 7 rings (SSSR count). The van der Waals surface area contributed by atoms with Crippen LogP contribution in [-0.4, -0.2) is 151 Å². The number of methoxy groups -OCH3 is 2. The second-order valence-electron chi connectivity index (χ2n) is 13.8. The second kappa shape index (κ2) is 26.0. The van der Waals surface area contributed by atoms with Gasteiger partial charge < -0.3 is 33.5 Å². The van der Waals surface area contributed by atoms with Gasteiger partial charge in [0.15, 0.2) is 23.0 Å². The quantitative estimate of drug-likeness (QED) is 0.0558. The summed E-state index contributed by atoms with van der Waals surface area (Å²) in [5, 5.41) is 11.7. The predicted octanol–water partition coefficient (Wildman–Crippen LogP) is 4.54. The molecule has 0 radical (unpaired) electrons. The first-order valence-corrected chi connectivity index (χ1v) is 30.9. The zero-order valence-corrected chi connectivity index (χ0v) is 41.4. The predicted molar refractivity (Wildman–Crippen MR) is 236 cm³/mol. The van der Waals surface area contributed by atoms with Gasteiger partial charge >= 0.3 is 74.1 Å². The summed E-state index contributed by atoms with van der Waals surface area (Å²) in [4.78, 5) is 80.7. The van der Waals surface area contributed by atoms with Gasteiger partial charge in [-0.05, 0) is 68.9 Å². The zero-order valence-electron chi connectivity index (χ0n) is 35.8. The SMILES string of the molecule is COc1cc(C(=O)N2CCCC[C@@H]2C=O)c([N+](=O)[O-])cc1OC(=O)c1ccccc1.COc1cc2c(cc1OC(=O)c1ccccc1)N=C[C@H]1CCCCN1C2=O.O=S(=O)=S(=O)=O.[Na][Na]. The van der Waals surface area contributed by atoms with Gasteiger partial charge in [-0.3, -0.25) is 24.7 Å². The van der Waals surface area contributed by atoms with E-state index in [0.717, 1.165) is 38.3 Å². The molecule has 4 aromatic rings. The molecule has 3 heterocycles. The number of hydrogen-bond acceptors (Lipinski definition) is 16. The first-order chi connectivity index (χ1) is 31.3. The maximum atomic E-state index is 13.0. The van der Waals surface area contributed by atoms with Crippen molar-refractivity contribution in [2.75, 3.05) is 27.3 Å². The van der Waals surface area contributed by atoms with Crippen molar-refractivity contribution in [3.8, 4) is 23.0 Å². The Hall–Kier alpha value is -5.26. The molecule has 4 aromatic carbocycles. The molecule has 0 N–H and O–H groups in total. The van der Waals surface area contributed by atoms with Crippen LogP contribution in [0, 0.1) is 10.1 Å². The summed E-state index contributed by atoms with van der Waals surface area (Å²) in [6.45, 7) is 1.05. The Morgan fingerprint density at radius 1 is 0.754 bits per heavy atom. The number of ether oxygens (including phenoxy) is 4. The van der Waals surface area contributed by atoms with Gasteiger partial charge in [0.25, 0.3) is 17.5 Å². The summed E-state index contributed by atoms with van der Waals surface area (Å²) >= 11 is 2.89. The fourth-order valence-electron chi connectivity index (χ4n) is 6.83. The number of aldehydes is 1. The number of nitrogens with zero attached hydrogens (tertiary/aromatic N) is 4. The van der Waals surface area contributed by atoms with E-state index in [-0.39, 0.29) is 40.3 Å². The molecule has 332 valence electrons. The number of likely N-dealkylation sites (tertiary alicyclic amines) is 1. The third-order valence-electron chi connectivity index (χ3n) is 9.92. The van der Waals surface area contributed by atoms with Gasteiger partial charge in [-0.25, -0.2) is 9.59 Å². The molecule has 19 nitrogen and oxygen atoms in total. The van der Waals surface area contributed by atoms with Gasteiger partial charge in [0, 0.05) is 31.4 Å². The minimum absolute atomic E-state index is 0.00658. The molecule has 2 fully saturated rings. The van der Waals surface area contributed by atoms with Crippen LogP contribution in [0.1, 0.15) is 80.0 Å². The summed E-state index contributed by atoms with van der Waals surface area (Å²) in [7, 11) is -3.12. The van der Waals surface area contributed by atoms with E-state index in [2.05, 4.69) is 4.99 Å². The van der Waals surface area contributed by atoms with Crippen molar-refractivity contribution >= 4 is 110 Å². The van der Waals surface area contributed by atoms with Gasteiger partial charge in [-0.15, -0.1) is 0 Å². The molecule has 2 amide bonds. The van der Waals surface area contributed by atoms with Crippen LogP contribution >= 0.6 is 0 Å². The summed E-state index contributed by atoms with van der Waals surface area (Å²) < 4.78 is 57.7. The van der Waals surface area contributed by atoms with Crippen LogP contribution in [0.25, 0.3) is 0 Å². The van der Waals surface area contributed by atoms with Crippen LogP contribution in [0.5, 0.6) is 23.0 Å². The number of aliphatic imine (C=N–C) groups is 1. The molecular weight excluding hydrogens is 911 g/mol. The minimum atomic E-state index is -2.95. The normalized spacial score (nSPS) is 15.8.